The summed E-state index contributed by atoms with van der Waals surface area (Å²) in [6.07, 6.45) is 4.86. The fourth-order valence-electron chi connectivity index (χ4n) is 2.02. The highest BCUT2D eigenvalue weighted by Gasteiger charge is 2.14. The number of nitrogen functional groups attached to an aromatic ring is 1. The van der Waals surface area contributed by atoms with Gasteiger partial charge in [0, 0.05) is 12.4 Å². The van der Waals surface area contributed by atoms with Gasteiger partial charge in [0.1, 0.15) is 23.2 Å². The zero-order valence-corrected chi connectivity index (χ0v) is 11.1. The predicted molar refractivity (Wildman–Crippen MR) is 74.9 cm³/mol. The van der Waals surface area contributed by atoms with Gasteiger partial charge < -0.3 is 11.1 Å². The quantitative estimate of drug-likeness (QED) is 0.654. The minimum atomic E-state index is -0.129. The van der Waals surface area contributed by atoms with Crippen molar-refractivity contribution < 1.29 is 0 Å². The van der Waals surface area contributed by atoms with Gasteiger partial charge in [0.25, 0.3) is 0 Å². The Labute approximate surface area is 114 Å². The molecule has 0 aromatic carbocycles. The van der Waals surface area contributed by atoms with Crippen molar-refractivity contribution in [3.63, 3.8) is 0 Å². The van der Waals surface area contributed by atoms with E-state index in [1.54, 1.807) is 18.6 Å². The van der Waals surface area contributed by atoms with Crippen molar-refractivity contribution in [2.24, 2.45) is 0 Å². The van der Waals surface area contributed by atoms with E-state index in [9.17, 15) is 0 Å². The Hall–Kier alpha value is -2.77. The van der Waals surface area contributed by atoms with Crippen LogP contribution in [-0.4, -0.2) is 30.1 Å². The molecule has 8 nitrogen and oxygen atoms in total. The molecule has 0 aliphatic heterocycles. The fourth-order valence-corrected chi connectivity index (χ4v) is 2.02. The van der Waals surface area contributed by atoms with E-state index in [1.807, 2.05) is 13.8 Å². The second-order valence-electron chi connectivity index (χ2n) is 4.44. The Kier molecular flexibility index (Phi) is 2.90. The molecule has 0 fully saturated rings. The molecule has 102 valence electrons. The van der Waals surface area contributed by atoms with Crippen LogP contribution in [0.15, 0.2) is 18.6 Å². The van der Waals surface area contributed by atoms with Crippen LogP contribution in [0.2, 0.25) is 0 Å². The molecule has 3 aromatic rings. The lowest BCUT2D eigenvalue weighted by Gasteiger charge is -2.15. The lowest BCUT2D eigenvalue weighted by Crippen LogP contribution is -2.13. The van der Waals surface area contributed by atoms with Gasteiger partial charge in [0.2, 0.25) is 0 Å². The number of hydrogen-bond donors (Lipinski definition) is 3. The number of fused-ring (bicyclic) bond motifs is 1. The monoisotopic (exact) mass is 270 g/mol. The lowest BCUT2D eigenvalue weighted by molar-refractivity contribution is 0.825. The molecule has 3 rings (SSSR count). The molecule has 4 N–H and O–H groups in total. The largest absolute Gasteiger partial charge is 0.382 e. The van der Waals surface area contributed by atoms with Crippen LogP contribution >= 0.6 is 0 Å². The molecule has 0 radical (unpaired) electrons. The molecule has 1 atom stereocenters. The van der Waals surface area contributed by atoms with E-state index in [-0.39, 0.29) is 6.04 Å². The Morgan fingerprint density at radius 1 is 1.25 bits per heavy atom. The van der Waals surface area contributed by atoms with Gasteiger partial charge >= 0.3 is 0 Å². The number of aromatic amines is 1. The van der Waals surface area contributed by atoms with E-state index in [4.69, 9.17) is 5.73 Å². The highest BCUT2D eigenvalue weighted by molar-refractivity contribution is 5.86. The van der Waals surface area contributed by atoms with E-state index in [2.05, 4.69) is 35.5 Å². The van der Waals surface area contributed by atoms with Gasteiger partial charge in [0.05, 0.1) is 17.6 Å². The number of H-pyrrole nitrogens is 1. The maximum Gasteiger partial charge on any atom is 0.161 e. The minimum absolute atomic E-state index is 0.129. The highest BCUT2D eigenvalue weighted by atomic mass is 15.2. The molecule has 3 aromatic heterocycles. The zero-order chi connectivity index (χ0) is 14.1. The summed E-state index contributed by atoms with van der Waals surface area (Å²) in [6, 6.07) is -0.129. The normalized spacial score (nSPS) is 12.5. The summed E-state index contributed by atoms with van der Waals surface area (Å²) in [6.45, 7) is 3.77. The molecular weight excluding hydrogens is 256 g/mol. The highest BCUT2D eigenvalue weighted by Crippen LogP contribution is 2.24. The van der Waals surface area contributed by atoms with Crippen LogP contribution in [0.3, 0.4) is 0 Å². The number of nitrogens with zero attached hydrogens (tertiary/aromatic N) is 5. The Balaban J connectivity index is 1.97. The van der Waals surface area contributed by atoms with Gasteiger partial charge in [-0.15, -0.1) is 0 Å². The average Bonchev–Trinajstić information content (AvgIpc) is 2.87. The molecular formula is C12H14N8. The van der Waals surface area contributed by atoms with Gasteiger partial charge in [-0.25, -0.2) is 15.0 Å². The SMILES string of the molecule is Cc1nc(NC(C)c2nccnc2N)c2cn[nH]c2n1. The molecule has 0 aliphatic carbocycles. The van der Waals surface area contributed by atoms with Crippen LogP contribution in [0.1, 0.15) is 24.5 Å². The van der Waals surface area contributed by atoms with Gasteiger partial charge in [-0.05, 0) is 13.8 Å². The van der Waals surface area contributed by atoms with Crippen molar-refractivity contribution in [2.75, 3.05) is 11.1 Å². The van der Waals surface area contributed by atoms with Crippen LogP contribution in [0.4, 0.5) is 11.6 Å². The molecule has 8 heteroatoms. The first kappa shape index (κ1) is 12.3. The third kappa shape index (κ3) is 2.11. The lowest BCUT2D eigenvalue weighted by atomic mass is 10.2. The number of nitrogens with two attached hydrogens (primary N) is 1. The summed E-state index contributed by atoms with van der Waals surface area (Å²) in [7, 11) is 0. The number of rotatable bonds is 3. The first-order chi connectivity index (χ1) is 9.65. The number of aromatic nitrogens is 6. The van der Waals surface area contributed by atoms with Crippen LogP contribution in [0, 0.1) is 6.92 Å². The Morgan fingerprint density at radius 3 is 2.85 bits per heavy atom. The van der Waals surface area contributed by atoms with Gasteiger partial charge in [-0.1, -0.05) is 0 Å². The second-order valence-corrected chi connectivity index (χ2v) is 4.44. The van der Waals surface area contributed by atoms with Crippen LogP contribution in [0.5, 0.6) is 0 Å². The first-order valence-corrected chi connectivity index (χ1v) is 6.16. The van der Waals surface area contributed by atoms with E-state index >= 15 is 0 Å². The zero-order valence-electron chi connectivity index (χ0n) is 11.1. The maximum atomic E-state index is 5.83. The van der Waals surface area contributed by atoms with Crippen molar-refractivity contribution in [1.29, 1.82) is 0 Å². The molecule has 1 unspecified atom stereocenters. The fraction of sp³-hybridized carbons (Fsp3) is 0.250. The third-order valence-corrected chi connectivity index (χ3v) is 2.94. The summed E-state index contributed by atoms with van der Waals surface area (Å²) in [5.74, 6) is 1.75. The van der Waals surface area contributed by atoms with E-state index in [1.165, 1.54) is 0 Å². The van der Waals surface area contributed by atoms with Crippen molar-refractivity contribution >= 4 is 22.7 Å². The molecule has 3 heterocycles. The molecule has 0 spiro atoms. The molecule has 0 saturated heterocycles. The summed E-state index contributed by atoms with van der Waals surface area (Å²) >= 11 is 0. The number of hydrogen-bond acceptors (Lipinski definition) is 7. The molecule has 0 bridgehead atoms. The van der Waals surface area contributed by atoms with Crippen molar-refractivity contribution in [1.82, 2.24) is 30.1 Å². The molecule has 0 saturated carbocycles. The summed E-state index contributed by atoms with van der Waals surface area (Å²) in [5.41, 5.74) is 7.21. The number of nitrogens with one attached hydrogen (secondary N) is 2. The maximum absolute atomic E-state index is 5.83. The van der Waals surface area contributed by atoms with E-state index < -0.39 is 0 Å². The van der Waals surface area contributed by atoms with E-state index in [0.717, 1.165) is 5.39 Å². The third-order valence-electron chi connectivity index (χ3n) is 2.94. The Bertz CT molecular complexity index is 750. The van der Waals surface area contributed by atoms with Crippen LogP contribution in [-0.2, 0) is 0 Å². The predicted octanol–water partition coefficient (Wildman–Crippen LogP) is 1.21. The molecule has 0 aliphatic rings. The number of aryl methyl sites for hydroxylation is 1. The minimum Gasteiger partial charge on any atom is -0.382 e. The number of anilines is 2. The molecule has 0 amide bonds. The van der Waals surface area contributed by atoms with Crippen LogP contribution in [0.25, 0.3) is 11.0 Å². The summed E-state index contributed by atoms with van der Waals surface area (Å²) in [5, 5.41) is 10.9. The standard InChI is InChI=1S/C12H14N8/c1-6(9-10(13)15-4-3-14-9)17-11-8-5-16-20-12(8)19-7(2)18-11/h3-6H,1-2H3,(H2,13,15)(H2,16,17,18,19,20). The van der Waals surface area contributed by atoms with Crippen LogP contribution < -0.4 is 11.1 Å². The Morgan fingerprint density at radius 2 is 2.05 bits per heavy atom. The second kappa shape index (κ2) is 4.72. The molecule has 20 heavy (non-hydrogen) atoms. The first-order valence-electron chi connectivity index (χ1n) is 6.16. The average molecular weight is 270 g/mol. The van der Waals surface area contributed by atoms with Crippen molar-refractivity contribution in [2.45, 2.75) is 19.9 Å². The van der Waals surface area contributed by atoms with Crippen molar-refractivity contribution in [3.8, 4) is 0 Å². The topological polar surface area (TPSA) is 118 Å². The van der Waals surface area contributed by atoms with E-state index in [0.29, 0.717) is 28.8 Å². The van der Waals surface area contributed by atoms with Gasteiger partial charge in [-0.3, -0.25) is 10.1 Å². The summed E-state index contributed by atoms with van der Waals surface area (Å²) in [4.78, 5) is 17.0. The van der Waals surface area contributed by atoms with Gasteiger partial charge in [0.15, 0.2) is 5.65 Å². The summed E-state index contributed by atoms with van der Waals surface area (Å²) < 4.78 is 0. The smallest absolute Gasteiger partial charge is 0.161 e. The van der Waals surface area contributed by atoms with Crippen molar-refractivity contribution in [3.05, 3.63) is 30.1 Å². The van der Waals surface area contributed by atoms with Gasteiger partial charge in [-0.2, -0.15) is 5.10 Å².